The minimum absolute atomic E-state index is 0.152. The molecule has 0 radical (unpaired) electrons. The molecule has 1 atom stereocenters. The predicted octanol–water partition coefficient (Wildman–Crippen LogP) is 5.30. The fourth-order valence-electron chi connectivity index (χ4n) is 3.81. The molecule has 0 aliphatic heterocycles. The summed E-state index contributed by atoms with van der Waals surface area (Å²) in [5, 5.41) is 2.98. The minimum Gasteiger partial charge on any atom is -0.348 e. The number of carbonyl (C=O) groups is 1. The van der Waals surface area contributed by atoms with Gasteiger partial charge in [-0.25, -0.2) is 8.42 Å². The van der Waals surface area contributed by atoms with Crippen LogP contribution in [0.2, 0.25) is 0 Å². The lowest BCUT2D eigenvalue weighted by Crippen LogP contribution is -2.41. The number of benzene rings is 3. The van der Waals surface area contributed by atoms with Gasteiger partial charge in [0, 0.05) is 0 Å². The van der Waals surface area contributed by atoms with E-state index in [4.69, 9.17) is 0 Å². The van der Waals surface area contributed by atoms with Gasteiger partial charge in [0.25, 0.3) is 10.0 Å². The van der Waals surface area contributed by atoms with E-state index in [0.29, 0.717) is 5.69 Å². The summed E-state index contributed by atoms with van der Waals surface area (Å²) >= 11 is 0. The Kier molecular flexibility index (Phi) is 7.28. The van der Waals surface area contributed by atoms with E-state index in [1.807, 2.05) is 46.8 Å². The molecule has 0 saturated heterocycles. The lowest BCUT2D eigenvalue weighted by Gasteiger charge is -2.26. The average Bonchev–Trinajstić information content (AvgIpc) is 2.75. The lowest BCUT2D eigenvalue weighted by atomic mass is 9.96. The normalized spacial score (nSPS) is 12.3. The van der Waals surface area contributed by atoms with E-state index in [1.54, 1.807) is 36.4 Å². The molecule has 0 aromatic heterocycles. The maximum Gasteiger partial charge on any atom is 0.264 e. The Morgan fingerprint density at radius 3 is 1.91 bits per heavy atom. The molecule has 5 nitrogen and oxygen atoms in total. The van der Waals surface area contributed by atoms with Crippen molar-refractivity contribution in [1.29, 1.82) is 0 Å². The summed E-state index contributed by atoms with van der Waals surface area (Å²) in [6, 6.07) is 17.7. The van der Waals surface area contributed by atoms with Crippen LogP contribution in [0.15, 0.2) is 65.6 Å². The number of anilines is 1. The molecule has 174 valence electrons. The van der Waals surface area contributed by atoms with Gasteiger partial charge in [-0.2, -0.15) is 0 Å². The first kappa shape index (κ1) is 24.5. The van der Waals surface area contributed by atoms with E-state index in [0.717, 1.165) is 27.8 Å². The second kappa shape index (κ2) is 9.79. The summed E-state index contributed by atoms with van der Waals surface area (Å²) < 4.78 is 28.2. The molecule has 0 spiro atoms. The summed E-state index contributed by atoms with van der Waals surface area (Å²) in [5.74, 6) is -0.364. The molecule has 0 aliphatic carbocycles. The van der Waals surface area contributed by atoms with Gasteiger partial charge in [-0.3, -0.25) is 9.10 Å². The van der Waals surface area contributed by atoms with E-state index in [1.165, 1.54) is 9.87 Å². The van der Waals surface area contributed by atoms with Gasteiger partial charge in [-0.1, -0.05) is 47.5 Å². The van der Waals surface area contributed by atoms with Crippen molar-refractivity contribution in [3.63, 3.8) is 0 Å². The van der Waals surface area contributed by atoms with Crippen LogP contribution in [0.4, 0.5) is 5.69 Å². The quantitative estimate of drug-likeness (QED) is 0.516. The molecule has 33 heavy (non-hydrogen) atoms. The highest BCUT2D eigenvalue weighted by atomic mass is 32.2. The van der Waals surface area contributed by atoms with E-state index in [-0.39, 0.29) is 23.4 Å². The number of nitrogens with one attached hydrogen (secondary N) is 1. The van der Waals surface area contributed by atoms with Crippen LogP contribution >= 0.6 is 0 Å². The van der Waals surface area contributed by atoms with Crippen molar-refractivity contribution in [2.75, 3.05) is 10.8 Å². The Bertz CT molecular complexity index is 1250. The van der Waals surface area contributed by atoms with Crippen molar-refractivity contribution >= 4 is 21.6 Å². The smallest absolute Gasteiger partial charge is 0.264 e. The second-order valence-electron chi connectivity index (χ2n) is 8.74. The van der Waals surface area contributed by atoms with Crippen LogP contribution in [0.5, 0.6) is 0 Å². The minimum atomic E-state index is -3.93. The summed E-state index contributed by atoms with van der Waals surface area (Å²) in [7, 11) is -3.93. The van der Waals surface area contributed by atoms with Crippen molar-refractivity contribution in [2.24, 2.45) is 0 Å². The summed E-state index contributed by atoms with van der Waals surface area (Å²) in [4.78, 5) is 13.2. The third-order valence-electron chi connectivity index (χ3n) is 5.94. The number of rotatable bonds is 7. The molecule has 0 bridgehead atoms. The van der Waals surface area contributed by atoms with Crippen molar-refractivity contribution in [1.82, 2.24) is 5.32 Å². The molecule has 6 heteroatoms. The molecule has 3 aromatic rings. The Morgan fingerprint density at radius 1 is 0.818 bits per heavy atom. The van der Waals surface area contributed by atoms with Gasteiger partial charge in [-0.15, -0.1) is 0 Å². The fourth-order valence-corrected chi connectivity index (χ4v) is 5.23. The number of hydrogen-bond donors (Lipinski definition) is 1. The van der Waals surface area contributed by atoms with Gasteiger partial charge < -0.3 is 5.32 Å². The molecule has 0 heterocycles. The highest BCUT2D eigenvalue weighted by Crippen LogP contribution is 2.25. The maximum absolute atomic E-state index is 13.5. The number of nitrogens with zero attached hydrogens (tertiary/aromatic N) is 1. The highest BCUT2D eigenvalue weighted by Gasteiger charge is 2.28. The molecule has 0 aliphatic rings. The number of amides is 1. The zero-order chi connectivity index (χ0) is 24.3. The molecular weight excluding hydrogens is 432 g/mol. The molecule has 3 rings (SSSR count). The lowest BCUT2D eigenvalue weighted by molar-refractivity contribution is -0.120. The van der Waals surface area contributed by atoms with Crippen LogP contribution in [0.25, 0.3) is 0 Å². The number of hydrogen-bond acceptors (Lipinski definition) is 3. The molecule has 0 saturated carbocycles. The first-order valence-corrected chi connectivity index (χ1v) is 12.5. The summed E-state index contributed by atoms with van der Waals surface area (Å²) in [6.45, 7) is 11.6. The SMILES string of the molecule is Cc1ccc(N(CC(=O)N[C@H](C)c2cc(C)c(C)cc2C)S(=O)(=O)c2ccc(C)cc2)cc1. The topological polar surface area (TPSA) is 66.5 Å². The van der Waals surface area contributed by atoms with Crippen LogP contribution in [-0.2, 0) is 14.8 Å². The zero-order valence-electron chi connectivity index (χ0n) is 20.1. The zero-order valence-corrected chi connectivity index (χ0v) is 21.0. The van der Waals surface area contributed by atoms with Crippen molar-refractivity contribution in [3.05, 3.63) is 94.0 Å². The van der Waals surface area contributed by atoms with Crippen molar-refractivity contribution in [3.8, 4) is 0 Å². The second-order valence-corrected chi connectivity index (χ2v) is 10.6. The Hall–Kier alpha value is -3.12. The fraction of sp³-hybridized carbons (Fsp3) is 0.296. The van der Waals surface area contributed by atoms with Gasteiger partial charge in [0.1, 0.15) is 6.54 Å². The highest BCUT2D eigenvalue weighted by molar-refractivity contribution is 7.92. The maximum atomic E-state index is 13.5. The van der Waals surface area contributed by atoms with E-state index >= 15 is 0 Å². The number of sulfonamides is 1. The third-order valence-corrected chi connectivity index (χ3v) is 7.73. The van der Waals surface area contributed by atoms with Gasteiger partial charge in [0.05, 0.1) is 16.6 Å². The van der Waals surface area contributed by atoms with Crippen LogP contribution in [0.1, 0.15) is 46.3 Å². The van der Waals surface area contributed by atoms with Gasteiger partial charge >= 0.3 is 0 Å². The third kappa shape index (κ3) is 5.63. The van der Waals surface area contributed by atoms with Crippen LogP contribution in [0.3, 0.4) is 0 Å². The van der Waals surface area contributed by atoms with E-state index in [2.05, 4.69) is 24.4 Å². The van der Waals surface area contributed by atoms with Crippen LogP contribution in [-0.4, -0.2) is 20.9 Å². The first-order valence-electron chi connectivity index (χ1n) is 11.0. The molecule has 1 N–H and O–H groups in total. The van der Waals surface area contributed by atoms with Gasteiger partial charge in [0.2, 0.25) is 5.91 Å². The number of aryl methyl sites for hydroxylation is 5. The molecule has 0 unspecified atom stereocenters. The predicted molar refractivity (Wildman–Crippen MR) is 134 cm³/mol. The molecule has 1 amide bonds. The summed E-state index contributed by atoms with van der Waals surface area (Å²) in [5.41, 5.74) is 6.89. The largest absolute Gasteiger partial charge is 0.348 e. The van der Waals surface area contributed by atoms with Crippen LogP contribution < -0.4 is 9.62 Å². The van der Waals surface area contributed by atoms with Crippen LogP contribution in [0, 0.1) is 34.6 Å². The van der Waals surface area contributed by atoms with Crippen molar-refractivity contribution < 1.29 is 13.2 Å². The van der Waals surface area contributed by atoms with E-state index < -0.39 is 10.0 Å². The Morgan fingerprint density at radius 2 is 1.33 bits per heavy atom. The monoisotopic (exact) mass is 464 g/mol. The number of carbonyl (C=O) groups excluding carboxylic acids is 1. The standard InChI is InChI=1S/C27H32N2O3S/c1-18-7-11-24(12-8-18)29(33(31,32)25-13-9-19(2)10-14-25)17-27(30)28-23(6)26-16-21(4)20(3)15-22(26)5/h7-16,23H,17H2,1-6H3,(H,28,30)/t23-/m1/s1. The molecule has 0 fully saturated rings. The Balaban J connectivity index is 1.90. The van der Waals surface area contributed by atoms with Gasteiger partial charge in [0.15, 0.2) is 0 Å². The van der Waals surface area contributed by atoms with Crippen molar-refractivity contribution in [2.45, 2.75) is 52.5 Å². The average molecular weight is 465 g/mol. The summed E-state index contributed by atoms with van der Waals surface area (Å²) in [6.07, 6.45) is 0. The molecule has 3 aromatic carbocycles. The first-order chi connectivity index (χ1) is 15.5. The van der Waals surface area contributed by atoms with Gasteiger partial charge in [-0.05, 0) is 88.1 Å². The molecular formula is C27H32N2O3S. The van der Waals surface area contributed by atoms with E-state index in [9.17, 15) is 13.2 Å². The Labute approximate surface area is 197 Å².